The van der Waals surface area contributed by atoms with Gasteiger partial charge in [-0.2, -0.15) is 0 Å². The van der Waals surface area contributed by atoms with Gasteiger partial charge in [0.2, 0.25) is 5.91 Å². The standard InChI is InChI=1S/C14H20ClNO/c1-3-11(4-2)10-16-14(17)9-12-6-5-7-13(15)8-12/h5-8,11H,3-4,9-10H2,1-2H3,(H,16,17). The average molecular weight is 254 g/mol. The normalized spacial score (nSPS) is 10.6. The van der Waals surface area contributed by atoms with E-state index in [-0.39, 0.29) is 5.91 Å². The molecule has 94 valence electrons. The van der Waals surface area contributed by atoms with Crippen molar-refractivity contribution < 1.29 is 4.79 Å². The zero-order valence-corrected chi connectivity index (χ0v) is 11.3. The van der Waals surface area contributed by atoms with E-state index in [2.05, 4.69) is 19.2 Å². The van der Waals surface area contributed by atoms with Gasteiger partial charge in [0.05, 0.1) is 6.42 Å². The number of halogens is 1. The molecule has 1 aromatic rings. The molecule has 0 radical (unpaired) electrons. The molecule has 0 fully saturated rings. The summed E-state index contributed by atoms with van der Waals surface area (Å²) >= 11 is 5.87. The van der Waals surface area contributed by atoms with Crippen molar-refractivity contribution >= 4 is 17.5 Å². The predicted molar refractivity (Wildman–Crippen MR) is 72.2 cm³/mol. The molecule has 1 N–H and O–H groups in total. The van der Waals surface area contributed by atoms with Crippen LogP contribution in [0.25, 0.3) is 0 Å². The number of carbonyl (C=O) groups is 1. The van der Waals surface area contributed by atoms with Gasteiger partial charge in [0.1, 0.15) is 0 Å². The molecule has 0 saturated heterocycles. The van der Waals surface area contributed by atoms with Gasteiger partial charge in [-0.05, 0) is 23.6 Å². The van der Waals surface area contributed by atoms with Crippen LogP contribution in [0.3, 0.4) is 0 Å². The molecule has 1 rings (SSSR count). The summed E-state index contributed by atoms with van der Waals surface area (Å²) in [7, 11) is 0. The summed E-state index contributed by atoms with van der Waals surface area (Å²) in [5.74, 6) is 0.650. The van der Waals surface area contributed by atoms with Crippen molar-refractivity contribution in [2.75, 3.05) is 6.54 Å². The fourth-order valence-electron chi connectivity index (χ4n) is 1.73. The van der Waals surface area contributed by atoms with Crippen LogP contribution in [0, 0.1) is 5.92 Å². The molecule has 0 unspecified atom stereocenters. The molecule has 1 amide bonds. The van der Waals surface area contributed by atoms with Gasteiger partial charge < -0.3 is 5.32 Å². The van der Waals surface area contributed by atoms with Gasteiger partial charge in [-0.1, -0.05) is 50.4 Å². The van der Waals surface area contributed by atoms with Gasteiger partial charge in [-0.15, -0.1) is 0 Å². The Balaban J connectivity index is 2.39. The summed E-state index contributed by atoms with van der Waals surface area (Å²) in [5.41, 5.74) is 0.958. The Kier molecular flexibility index (Phi) is 6.06. The van der Waals surface area contributed by atoms with E-state index >= 15 is 0 Å². The molecule has 0 aromatic heterocycles. The number of hydrogen-bond donors (Lipinski definition) is 1. The minimum atomic E-state index is 0.0687. The van der Waals surface area contributed by atoms with Crippen LogP contribution in [0.15, 0.2) is 24.3 Å². The fourth-order valence-corrected chi connectivity index (χ4v) is 1.94. The third-order valence-corrected chi connectivity index (χ3v) is 3.23. The zero-order chi connectivity index (χ0) is 12.7. The minimum absolute atomic E-state index is 0.0687. The van der Waals surface area contributed by atoms with Crippen LogP contribution in [-0.4, -0.2) is 12.5 Å². The lowest BCUT2D eigenvalue weighted by Gasteiger charge is -2.13. The Morgan fingerprint density at radius 2 is 2.06 bits per heavy atom. The maximum absolute atomic E-state index is 11.7. The molecule has 0 saturated carbocycles. The first kappa shape index (κ1) is 14.0. The van der Waals surface area contributed by atoms with Gasteiger partial charge in [0, 0.05) is 11.6 Å². The summed E-state index contributed by atoms with van der Waals surface area (Å²) in [4.78, 5) is 11.7. The van der Waals surface area contributed by atoms with Crippen molar-refractivity contribution in [2.45, 2.75) is 33.1 Å². The van der Waals surface area contributed by atoms with E-state index < -0.39 is 0 Å². The summed E-state index contributed by atoms with van der Waals surface area (Å²) in [6, 6.07) is 7.43. The van der Waals surface area contributed by atoms with Crippen LogP contribution in [0.2, 0.25) is 5.02 Å². The van der Waals surface area contributed by atoms with Crippen LogP contribution < -0.4 is 5.32 Å². The van der Waals surface area contributed by atoms with Crippen LogP contribution in [-0.2, 0) is 11.2 Å². The lowest BCUT2D eigenvalue weighted by molar-refractivity contribution is -0.120. The molecule has 0 atom stereocenters. The summed E-state index contributed by atoms with van der Waals surface area (Å²) in [6.07, 6.45) is 2.61. The Morgan fingerprint density at radius 3 is 2.65 bits per heavy atom. The fraction of sp³-hybridized carbons (Fsp3) is 0.500. The molecule has 0 aliphatic rings. The minimum Gasteiger partial charge on any atom is -0.356 e. The number of rotatable bonds is 6. The van der Waals surface area contributed by atoms with Gasteiger partial charge in [-0.25, -0.2) is 0 Å². The maximum atomic E-state index is 11.7. The molecule has 0 bridgehead atoms. The Labute approximate surface area is 108 Å². The largest absolute Gasteiger partial charge is 0.356 e. The Morgan fingerprint density at radius 1 is 1.35 bits per heavy atom. The van der Waals surface area contributed by atoms with Gasteiger partial charge in [-0.3, -0.25) is 4.79 Å². The van der Waals surface area contributed by atoms with Gasteiger partial charge in [0.15, 0.2) is 0 Å². The maximum Gasteiger partial charge on any atom is 0.224 e. The first-order valence-corrected chi connectivity index (χ1v) is 6.54. The molecule has 2 nitrogen and oxygen atoms in total. The predicted octanol–water partition coefficient (Wildman–Crippen LogP) is 3.43. The zero-order valence-electron chi connectivity index (χ0n) is 10.5. The molecule has 17 heavy (non-hydrogen) atoms. The quantitative estimate of drug-likeness (QED) is 0.827. The van der Waals surface area contributed by atoms with Crippen LogP contribution >= 0.6 is 11.6 Å². The second-order valence-electron chi connectivity index (χ2n) is 4.29. The molecule has 1 aromatic carbocycles. The second-order valence-corrected chi connectivity index (χ2v) is 4.73. The van der Waals surface area contributed by atoms with Crippen molar-refractivity contribution in [1.29, 1.82) is 0 Å². The highest BCUT2D eigenvalue weighted by molar-refractivity contribution is 6.30. The van der Waals surface area contributed by atoms with Crippen molar-refractivity contribution in [2.24, 2.45) is 5.92 Å². The highest BCUT2D eigenvalue weighted by Crippen LogP contribution is 2.11. The van der Waals surface area contributed by atoms with Gasteiger partial charge in [0.25, 0.3) is 0 Å². The number of nitrogens with one attached hydrogen (secondary N) is 1. The lowest BCUT2D eigenvalue weighted by atomic mass is 10.0. The van der Waals surface area contributed by atoms with E-state index in [0.29, 0.717) is 17.4 Å². The topological polar surface area (TPSA) is 29.1 Å². The van der Waals surface area contributed by atoms with E-state index in [4.69, 9.17) is 11.6 Å². The Bertz CT molecular complexity index is 361. The molecule has 0 spiro atoms. The monoisotopic (exact) mass is 253 g/mol. The first-order chi connectivity index (χ1) is 8.15. The number of hydrogen-bond acceptors (Lipinski definition) is 1. The first-order valence-electron chi connectivity index (χ1n) is 6.16. The Hall–Kier alpha value is -1.02. The van der Waals surface area contributed by atoms with Crippen molar-refractivity contribution in [3.05, 3.63) is 34.9 Å². The molecular weight excluding hydrogens is 234 g/mol. The molecule has 3 heteroatoms. The van der Waals surface area contributed by atoms with Gasteiger partial charge >= 0.3 is 0 Å². The number of carbonyl (C=O) groups excluding carboxylic acids is 1. The third-order valence-electron chi connectivity index (χ3n) is 3.00. The van der Waals surface area contributed by atoms with E-state index in [1.54, 1.807) is 0 Å². The van der Waals surface area contributed by atoms with Crippen molar-refractivity contribution in [3.8, 4) is 0 Å². The highest BCUT2D eigenvalue weighted by atomic mass is 35.5. The van der Waals surface area contributed by atoms with E-state index in [9.17, 15) is 4.79 Å². The SMILES string of the molecule is CCC(CC)CNC(=O)Cc1cccc(Cl)c1. The van der Waals surface area contributed by atoms with E-state index in [0.717, 1.165) is 24.9 Å². The molecule has 0 aliphatic carbocycles. The summed E-state index contributed by atoms with van der Waals surface area (Å²) < 4.78 is 0. The van der Waals surface area contributed by atoms with E-state index in [1.165, 1.54) is 0 Å². The van der Waals surface area contributed by atoms with Crippen LogP contribution in [0.4, 0.5) is 0 Å². The average Bonchev–Trinajstić information content (AvgIpc) is 2.30. The van der Waals surface area contributed by atoms with Crippen molar-refractivity contribution in [1.82, 2.24) is 5.32 Å². The molecular formula is C14H20ClNO. The van der Waals surface area contributed by atoms with Crippen LogP contribution in [0.1, 0.15) is 32.3 Å². The van der Waals surface area contributed by atoms with Crippen LogP contribution in [0.5, 0.6) is 0 Å². The molecule has 0 heterocycles. The highest BCUT2D eigenvalue weighted by Gasteiger charge is 2.07. The smallest absolute Gasteiger partial charge is 0.224 e. The van der Waals surface area contributed by atoms with E-state index in [1.807, 2.05) is 24.3 Å². The van der Waals surface area contributed by atoms with Crippen molar-refractivity contribution in [3.63, 3.8) is 0 Å². The second kappa shape index (κ2) is 7.33. The lowest BCUT2D eigenvalue weighted by Crippen LogP contribution is -2.30. The summed E-state index contributed by atoms with van der Waals surface area (Å²) in [5, 5.41) is 3.65. The number of benzene rings is 1. The third kappa shape index (κ3) is 5.22. The number of amides is 1. The molecule has 0 aliphatic heterocycles. The summed E-state index contributed by atoms with van der Waals surface area (Å²) in [6.45, 7) is 5.07.